The highest BCUT2D eigenvalue weighted by atomic mass is 32.1. The Bertz CT molecular complexity index is 194. The smallest absolute Gasteiger partial charge is 0.292 e. The minimum absolute atomic E-state index is 0.460. The topological polar surface area (TPSA) is 9.23 Å². The molecule has 0 heterocycles. The number of hydrogen-bond acceptors (Lipinski definition) is 2. The molecule has 4 unspecified atom stereocenters. The van der Waals surface area contributed by atoms with Gasteiger partial charge in [-0.2, -0.15) is 12.6 Å². The molecular formula is C11H21BOS. The lowest BCUT2D eigenvalue weighted by atomic mass is 9.62. The first-order valence-corrected chi connectivity index (χ1v) is 6.61. The van der Waals surface area contributed by atoms with E-state index in [9.17, 15) is 0 Å². The van der Waals surface area contributed by atoms with E-state index in [-0.39, 0.29) is 0 Å². The molecule has 0 spiro atoms. The molecule has 0 aromatic carbocycles. The van der Waals surface area contributed by atoms with Crippen molar-refractivity contribution in [3.05, 3.63) is 0 Å². The molecule has 0 saturated heterocycles. The highest BCUT2D eigenvalue weighted by Crippen LogP contribution is 2.48. The van der Waals surface area contributed by atoms with Crippen molar-refractivity contribution in [1.29, 1.82) is 0 Å². The van der Waals surface area contributed by atoms with Gasteiger partial charge in [-0.3, -0.25) is 0 Å². The van der Waals surface area contributed by atoms with Crippen molar-refractivity contribution in [1.82, 2.24) is 0 Å². The van der Waals surface area contributed by atoms with Gasteiger partial charge in [-0.15, -0.1) is 0 Å². The normalized spacial score (nSPS) is 40.5. The molecule has 0 aromatic heterocycles. The first kappa shape index (κ1) is 10.9. The number of rotatable bonds is 4. The van der Waals surface area contributed by atoms with Crippen LogP contribution in [0.15, 0.2) is 0 Å². The average molecular weight is 212 g/mol. The SMILES string of the molecule is CCB(CC)OC1C2CCC(C2)C1S. The fourth-order valence-electron chi connectivity index (χ4n) is 3.10. The lowest BCUT2D eigenvalue weighted by molar-refractivity contribution is 0.143. The maximum atomic E-state index is 6.18. The Hall–Kier alpha value is 0.375. The number of fused-ring (bicyclic) bond motifs is 2. The van der Waals surface area contributed by atoms with Crippen molar-refractivity contribution in [3.8, 4) is 0 Å². The summed E-state index contributed by atoms with van der Waals surface area (Å²) in [5.74, 6) is 1.67. The van der Waals surface area contributed by atoms with Gasteiger partial charge in [-0.05, 0) is 31.1 Å². The third kappa shape index (κ3) is 1.86. The van der Waals surface area contributed by atoms with Crippen LogP contribution in [0, 0.1) is 11.8 Å². The van der Waals surface area contributed by atoms with E-state index in [1.54, 1.807) is 0 Å². The van der Waals surface area contributed by atoms with E-state index in [0.717, 1.165) is 24.5 Å². The lowest BCUT2D eigenvalue weighted by Gasteiger charge is -2.30. The Kier molecular flexibility index (Phi) is 3.48. The third-order valence-electron chi connectivity index (χ3n) is 4.06. The van der Waals surface area contributed by atoms with Crippen LogP contribution in [0.2, 0.25) is 12.6 Å². The Balaban J connectivity index is 1.91. The summed E-state index contributed by atoms with van der Waals surface area (Å²) in [6, 6.07) is 0. The molecule has 3 heteroatoms. The van der Waals surface area contributed by atoms with Crippen LogP contribution < -0.4 is 0 Å². The second-order valence-corrected chi connectivity index (χ2v) is 5.46. The highest BCUT2D eigenvalue weighted by molar-refractivity contribution is 7.81. The van der Waals surface area contributed by atoms with Crippen molar-refractivity contribution in [2.75, 3.05) is 0 Å². The van der Waals surface area contributed by atoms with Gasteiger partial charge >= 0.3 is 0 Å². The van der Waals surface area contributed by atoms with Gasteiger partial charge in [0.1, 0.15) is 0 Å². The summed E-state index contributed by atoms with van der Waals surface area (Å²) in [4.78, 5) is 0. The molecule has 2 fully saturated rings. The zero-order chi connectivity index (χ0) is 10.1. The first-order chi connectivity index (χ1) is 6.76. The average Bonchev–Trinajstić information content (AvgIpc) is 2.77. The Morgan fingerprint density at radius 2 is 1.86 bits per heavy atom. The summed E-state index contributed by atoms with van der Waals surface area (Å²) in [7, 11) is 0. The zero-order valence-electron chi connectivity index (χ0n) is 9.28. The molecule has 2 saturated carbocycles. The summed E-state index contributed by atoms with van der Waals surface area (Å²) in [6.45, 7) is 4.90. The van der Waals surface area contributed by atoms with E-state index in [4.69, 9.17) is 17.3 Å². The molecule has 2 rings (SSSR count). The van der Waals surface area contributed by atoms with E-state index in [2.05, 4.69) is 13.8 Å². The summed E-state index contributed by atoms with van der Waals surface area (Å²) in [6.07, 6.45) is 6.89. The van der Waals surface area contributed by atoms with Crippen molar-refractivity contribution < 1.29 is 4.65 Å². The van der Waals surface area contributed by atoms with Gasteiger partial charge in [0, 0.05) is 5.25 Å². The van der Waals surface area contributed by atoms with Crippen LogP contribution in [0.4, 0.5) is 0 Å². The first-order valence-electron chi connectivity index (χ1n) is 6.09. The summed E-state index contributed by atoms with van der Waals surface area (Å²) in [5, 5.41) is 0.523. The zero-order valence-corrected chi connectivity index (χ0v) is 10.2. The molecular weight excluding hydrogens is 191 g/mol. The Morgan fingerprint density at radius 1 is 1.21 bits per heavy atom. The van der Waals surface area contributed by atoms with E-state index < -0.39 is 0 Å². The Labute approximate surface area is 93.5 Å². The van der Waals surface area contributed by atoms with E-state index >= 15 is 0 Å². The van der Waals surface area contributed by atoms with Gasteiger partial charge in [0.05, 0.1) is 6.10 Å². The highest BCUT2D eigenvalue weighted by Gasteiger charge is 2.47. The second-order valence-electron chi connectivity index (χ2n) is 4.86. The van der Waals surface area contributed by atoms with Gasteiger partial charge in [0.15, 0.2) is 0 Å². The van der Waals surface area contributed by atoms with Crippen LogP contribution in [0.1, 0.15) is 33.1 Å². The minimum Gasteiger partial charge on any atom is -0.432 e. The molecule has 1 nitrogen and oxygen atoms in total. The minimum atomic E-state index is 0.460. The van der Waals surface area contributed by atoms with Crippen LogP contribution in [0.25, 0.3) is 0 Å². The van der Waals surface area contributed by atoms with Crippen molar-refractivity contribution in [2.45, 2.75) is 57.1 Å². The van der Waals surface area contributed by atoms with Crippen molar-refractivity contribution in [3.63, 3.8) is 0 Å². The Morgan fingerprint density at radius 3 is 2.36 bits per heavy atom. The standard InChI is InChI=1S/C11H21BOS/c1-3-12(4-2)13-10-8-5-6-9(7-8)11(10)14/h8-11,14H,3-7H2,1-2H3. The van der Waals surface area contributed by atoms with Crippen LogP contribution in [-0.4, -0.2) is 18.3 Å². The third-order valence-corrected chi connectivity index (χ3v) is 4.77. The van der Waals surface area contributed by atoms with Crippen LogP contribution >= 0.6 is 12.6 Å². The lowest BCUT2D eigenvalue weighted by Crippen LogP contribution is -2.36. The van der Waals surface area contributed by atoms with E-state index in [1.165, 1.54) is 19.3 Å². The number of thiol groups is 1. The molecule has 0 N–H and O–H groups in total. The molecule has 0 amide bonds. The van der Waals surface area contributed by atoms with Gasteiger partial charge < -0.3 is 4.65 Å². The van der Waals surface area contributed by atoms with Crippen molar-refractivity contribution >= 4 is 19.5 Å². The molecule has 0 aliphatic heterocycles. The largest absolute Gasteiger partial charge is 0.432 e. The predicted molar refractivity (Wildman–Crippen MR) is 65.2 cm³/mol. The number of hydrogen-bond donors (Lipinski definition) is 1. The van der Waals surface area contributed by atoms with Gasteiger partial charge in [0.2, 0.25) is 0 Å². The van der Waals surface area contributed by atoms with Crippen LogP contribution in [-0.2, 0) is 4.65 Å². The quantitative estimate of drug-likeness (QED) is 0.556. The van der Waals surface area contributed by atoms with Gasteiger partial charge in [-0.25, -0.2) is 0 Å². The molecule has 0 aromatic rings. The summed E-state index contributed by atoms with van der Waals surface area (Å²) in [5.41, 5.74) is 0. The second kappa shape index (κ2) is 4.48. The molecule has 2 aliphatic carbocycles. The van der Waals surface area contributed by atoms with Gasteiger partial charge in [-0.1, -0.05) is 26.5 Å². The monoisotopic (exact) mass is 212 g/mol. The van der Waals surface area contributed by atoms with Gasteiger partial charge in [0.25, 0.3) is 6.92 Å². The molecule has 0 radical (unpaired) electrons. The maximum Gasteiger partial charge on any atom is 0.292 e. The van der Waals surface area contributed by atoms with Crippen LogP contribution in [0.3, 0.4) is 0 Å². The molecule has 2 bridgehead atoms. The van der Waals surface area contributed by atoms with E-state index in [0.29, 0.717) is 18.3 Å². The maximum absolute atomic E-state index is 6.18. The molecule has 80 valence electrons. The molecule has 2 aliphatic rings. The predicted octanol–water partition coefficient (Wildman–Crippen LogP) is 3.13. The molecule has 14 heavy (non-hydrogen) atoms. The van der Waals surface area contributed by atoms with Crippen LogP contribution in [0.5, 0.6) is 0 Å². The summed E-state index contributed by atoms with van der Waals surface area (Å²) >= 11 is 4.72. The fourth-order valence-corrected chi connectivity index (χ4v) is 3.69. The molecule has 4 atom stereocenters. The van der Waals surface area contributed by atoms with E-state index in [1.807, 2.05) is 0 Å². The fraction of sp³-hybridized carbons (Fsp3) is 1.00. The van der Waals surface area contributed by atoms with Crippen molar-refractivity contribution in [2.24, 2.45) is 11.8 Å². The summed E-state index contributed by atoms with van der Waals surface area (Å²) < 4.78 is 6.18.